The number of methoxy groups -OCH3 is 1. The number of carbonyl (C=O) groups excluding carboxylic acids is 2. The Balaban J connectivity index is 1.29. The van der Waals surface area contributed by atoms with Crippen molar-refractivity contribution >= 4 is 41.2 Å². The SMILES string of the molecule is COc1cc(/C=N\N2C(=O)[C@@H]3[C@@H](C2=O)[C@H]2C=C[C@H]3C2)ccc1OCc1ccc(Cl)cc1Cl. The van der Waals surface area contributed by atoms with Gasteiger partial charge in [-0.1, -0.05) is 41.4 Å². The van der Waals surface area contributed by atoms with Gasteiger partial charge in [0.25, 0.3) is 11.8 Å². The summed E-state index contributed by atoms with van der Waals surface area (Å²) in [5.41, 5.74) is 1.47. The van der Waals surface area contributed by atoms with E-state index in [1.165, 1.54) is 13.3 Å². The van der Waals surface area contributed by atoms with E-state index in [2.05, 4.69) is 17.3 Å². The molecule has 2 aliphatic carbocycles. The predicted molar refractivity (Wildman–Crippen MR) is 121 cm³/mol. The molecule has 1 aliphatic heterocycles. The highest BCUT2D eigenvalue weighted by molar-refractivity contribution is 6.35. The Morgan fingerprint density at radius 3 is 2.41 bits per heavy atom. The molecule has 4 atom stereocenters. The van der Waals surface area contributed by atoms with Crippen LogP contribution < -0.4 is 9.47 Å². The van der Waals surface area contributed by atoms with E-state index in [0.717, 1.165) is 17.0 Å². The number of hydrogen-bond acceptors (Lipinski definition) is 5. The number of allylic oxidation sites excluding steroid dienone is 2. The molecule has 164 valence electrons. The zero-order valence-electron chi connectivity index (χ0n) is 17.2. The van der Waals surface area contributed by atoms with Gasteiger partial charge in [-0.2, -0.15) is 10.1 Å². The second-order valence-electron chi connectivity index (χ2n) is 8.17. The van der Waals surface area contributed by atoms with Crippen molar-refractivity contribution in [2.75, 3.05) is 7.11 Å². The first kappa shape index (κ1) is 21.0. The molecule has 0 unspecified atom stereocenters. The number of benzene rings is 2. The van der Waals surface area contributed by atoms with Gasteiger partial charge >= 0.3 is 0 Å². The van der Waals surface area contributed by atoms with Crippen LogP contribution in [0.15, 0.2) is 53.7 Å². The molecule has 2 aromatic carbocycles. The monoisotopic (exact) mass is 470 g/mol. The van der Waals surface area contributed by atoms with E-state index >= 15 is 0 Å². The molecule has 0 N–H and O–H groups in total. The second-order valence-corrected chi connectivity index (χ2v) is 9.01. The summed E-state index contributed by atoms with van der Waals surface area (Å²) in [5, 5.41) is 6.32. The van der Waals surface area contributed by atoms with Crippen LogP contribution in [0.25, 0.3) is 0 Å². The molecular formula is C24H20Cl2N2O4. The first-order valence-corrected chi connectivity index (χ1v) is 11.1. The van der Waals surface area contributed by atoms with Gasteiger partial charge in [-0.15, -0.1) is 0 Å². The molecule has 1 saturated heterocycles. The van der Waals surface area contributed by atoms with Crippen LogP contribution >= 0.6 is 23.2 Å². The molecule has 1 saturated carbocycles. The van der Waals surface area contributed by atoms with E-state index in [1.54, 1.807) is 36.4 Å². The highest BCUT2D eigenvalue weighted by Crippen LogP contribution is 2.52. The Bertz CT molecular complexity index is 1130. The molecule has 6 nitrogen and oxygen atoms in total. The van der Waals surface area contributed by atoms with Gasteiger partial charge < -0.3 is 9.47 Å². The fraction of sp³-hybridized carbons (Fsp3) is 0.292. The number of carbonyl (C=O) groups is 2. The maximum absolute atomic E-state index is 12.7. The van der Waals surface area contributed by atoms with Gasteiger partial charge in [-0.25, -0.2) is 0 Å². The number of amides is 2. The van der Waals surface area contributed by atoms with Crippen molar-refractivity contribution in [2.45, 2.75) is 13.0 Å². The summed E-state index contributed by atoms with van der Waals surface area (Å²) in [5.74, 6) is 0.400. The summed E-state index contributed by atoms with van der Waals surface area (Å²) in [7, 11) is 1.54. The minimum Gasteiger partial charge on any atom is -0.493 e. The van der Waals surface area contributed by atoms with E-state index < -0.39 is 0 Å². The van der Waals surface area contributed by atoms with Crippen LogP contribution in [0.2, 0.25) is 10.0 Å². The summed E-state index contributed by atoms with van der Waals surface area (Å²) in [6.07, 6.45) is 6.51. The van der Waals surface area contributed by atoms with Crippen LogP contribution in [0.1, 0.15) is 17.5 Å². The van der Waals surface area contributed by atoms with Gasteiger partial charge in [0.15, 0.2) is 11.5 Å². The summed E-state index contributed by atoms with van der Waals surface area (Å²) >= 11 is 12.1. The largest absolute Gasteiger partial charge is 0.493 e. The summed E-state index contributed by atoms with van der Waals surface area (Å²) in [4.78, 5) is 25.5. The Morgan fingerprint density at radius 1 is 1.03 bits per heavy atom. The zero-order valence-corrected chi connectivity index (χ0v) is 18.7. The number of halogens is 2. The second kappa shape index (κ2) is 8.26. The number of rotatable bonds is 6. The predicted octanol–water partition coefficient (Wildman–Crippen LogP) is 4.72. The summed E-state index contributed by atoms with van der Waals surface area (Å²) < 4.78 is 11.3. The fourth-order valence-corrected chi connectivity index (χ4v) is 5.27. The summed E-state index contributed by atoms with van der Waals surface area (Å²) in [6, 6.07) is 10.5. The zero-order chi connectivity index (χ0) is 22.4. The maximum Gasteiger partial charge on any atom is 0.254 e. The molecule has 2 aromatic rings. The third-order valence-corrected chi connectivity index (χ3v) is 6.94. The molecule has 5 rings (SSSR count). The van der Waals surface area contributed by atoms with Gasteiger partial charge in [0.2, 0.25) is 0 Å². The van der Waals surface area contributed by atoms with Gasteiger partial charge in [-0.05, 0) is 54.2 Å². The lowest BCUT2D eigenvalue weighted by Gasteiger charge is -2.13. The fourth-order valence-electron chi connectivity index (χ4n) is 4.80. The van der Waals surface area contributed by atoms with E-state index in [4.69, 9.17) is 32.7 Å². The lowest BCUT2D eigenvalue weighted by Crippen LogP contribution is -2.28. The molecule has 2 bridgehead atoms. The van der Waals surface area contributed by atoms with E-state index in [-0.39, 0.29) is 42.1 Å². The number of nitrogens with zero attached hydrogens (tertiary/aromatic N) is 2. The van der Waals surface area contributed by atoms with Crippen molar-refractivity contribution < 1.29 is 19.1 Å². The lowest BCUT2D eigenvalue weighted by atomic mass is 9.85. The van der Waals surface area contributed by atoms with Crippen LogP contribution in [0.3, 0.4) is 0 Å². The third-order valence-electron chi connectivity index (χ3n) is 6.36. The molecule has 1 heterocycles. The van der Waals surface area contributed by atoms with Crippen LogP contribution in [0.5, 0.6) is 11.5 Å². The molecule has 0 aromatic heterocycles. The van der Waals surface area contributed by atoms with E-state index in [1.807, 2.05) is 0 Å². The maximum atomic E-state index is 12.7. The lowest BCUT2D eigenvalue weighted by molar-refractivity contribution is -0.140. The van der Waals surface area contributed by atoms with Crippen LogP contribution in [-0.4, -0.2) is 30.1 Å². The first-order valence-electron chi connectivity index (χ1n) is 10.3. The van der Waals surface area contributed by atoms with Crippen molar-refractivity contribution in [1.82, 2.24) is 5.01 Å². The van der Waals surface area contributed by atoms with Gasteiger partial charge in [0.1, 0.15) is 6.61 Å². The molecule has 3 aliphatic rings. The average Bonchev–Trinajstić information content (AvgIpc) is 3.46. The Kier molecular flexibility index (Phi) is 5.43. The van der Waals surface area contributed by atoms with Crippen molar-refractivity contribution in [2.24, 2.45) is 28.8 Å². The van der Waals surface area contributed by atoms with E-state index in [0.29, 0.717) is 27.1 Å². The topological polar surface area (TPSA) is 68.2 Å². The third kappa shape index (κ3) is 3.57. The highest BCUT2D eigenvalue weighted by atomic mass is 35.5. The number of imide groups is 1. The summed E-state index contributed by atoms with van der Waals surface area (Å²) in [6.45, 7) is 0.246. The number of fused-ring (bicyclic) bond motifs is 5. The molecule has 2 fully saturated rings. The Hall–Kier alpha value is -2.83. The minimum atomic E-state index is -0.264. The molecule has 0 spiro atoms. The number of hydrogen-bond donors (Lipinski definition) is 0. The van der Waals surface area contributed by atoms with Crippen molar-refractivity contribution in [3.05, 3.63) is 69.7 Å². The minimum absolute atomic E-state index is 0.160. The standard InChI is InChI=1S/C24H20Cl2N2O4/c1-31-20-8-13(2-7-19(20)32-12-16-5-6-17(25)10-18(16)26)11-27-28-23(29)21-14-3-4-15(9-14)22(21)24(28)30/h2-8,10-11,14-15,21-22H,9,12H2,1H3/b27-11-/t14-,15-,21-,22-/m0/s1. The molecule has 0 radical (unpaired) electrons. The first-order chi connectivity index (χ1) is 15.5. The number of hydrazone groups is 1. The van der Waals surface area contributed by atoms with Crippen molar-refractivity contribution in [3.63, 3.8) is 0 Å². The van der Waals surface area contributed by atoms with Crippen LogP contribution in [0, 0.1) is 23.7 Å². The molecule has 8 heteroatoms. The van der Waals surface area contributed by atoms with Crippen molar-refractivity contribution in [1.29, 1.82) is 0 Å². The average molecular weight is 471 g/mol. The van der Waals surface area contributed by atoms with Crippen molar-refractivity contribution in [3.8, 4) is 11.5 Å². The molecule has 2 amide bonds. The van der Waals surface area contributed by atoms with E-state index in [9.17, 15) is 9.59 Å². The van der Waals surface area contributed by atoms with Gasteiger partial charge in [0.05, 0.1) is 25.2 Å². The highest BCUT2D eigenvalue weighted by Gasteiger charge is 2.59. The Morgan fingerprint density at radius 2 is 1.75 bits per heavy atom. The molecular weight excluding hydrogens is 451 g/mol. The molecule has 32 heavy (non-hydrogen) atoms. The van der Waals surface area contributed by atoms with Crippen LogP contribution in [-0.2, 0) is 16.2 Å². The van der Waals surface area contributed by atoms with Crippen LogP contribution in [0.4, 0.5) is 0 Å². The smallest absolute Gasteiger partial charge is 0.254 e. The number of ether oxygens (including phenoxy) is 2. The Labute approximate surface area is 195 Å². The quantitative estimate of drug-likeness (QED) is 0.347. The normalized spacial score (nSPS) is 25.8. The van der Waals surface area contributed by atoms with Gasteiger partial charge in [-0.3, -0.25) is 9.59 Å². The van der Waals surface area contributed by atoms with Gasteiger partial charge in [0, 0.05) is 15.6 Å².